The van der Waals surface area contributed by atoms with Crippen molar-refractivity contribution in [2.75, 3.05) is 7.11 Å². The molecule has 4 heteroatoms. The van der Waals surface area contributed by atoms with Crippen LogP contribution in [0.1, 0.15) is 24.0 Å². The van der Waals surface area contributed by atoms with Crippen LogP contribution in [0.15, 0.2) is 12.1 Å². The van der Waals surface area contributed by atoms with Crippen LogP contribution in [0.2, 0.25) is 0 Å². The number of hydrogen-bond acceptors (Lipinski definition) is 2. The minimum Gasteiger partial charge on any atom is -0.496 e. The average molecular weight is 212 g/mol. The molecule has 0 aliphatic carbocycles. The minimum absolute atomic E-state index is 0.143. The van der Waals surface area contributed by atoms with E-state index >= 15 is 0 Å². The number of aryl methyl sites for hydroxylation is 1. The summed E-state index contributed by atoms with van der Waals surface area (Å²) in [5, 5.41) is 8.79. The zero-order valence-corrected chi connectivity index (χ0v) is 8.87. The normalized spacial score (nSPS) is 12.3. The average Bonchev–Trinajstić information content (AvgIpc) is 2.17. The van der Waals surface area contributed by atoms with Crippen molar-refractivity contribution in [1.29, 1.82) is 0 Å². The second kappa shape index (κ2) is 4.29. The third-order valence-electron chi connectivity index (χ3n) is 2.35. The third kappa shape index (κ3) is 2.26. The fourth-order valence-corrected chi connectivity index (χ4v) is 1.35. The van der Waals surface area contributed by atoms with Gasteiger partial charge in [0.25, 0.3) is 0 Å². The Balaban J connectivity index is 3.24. The highest BCUT2D eigenvalue weighted by Gasteiger charge is 2.19. The van der Waals surface area contributed by atoms with Gasteiger partial charge in [-0.2, -0.15) is 0 Å². The van der Waals surface area contributed by atoms with E-state index in [2.05, 4.69) is 0 Å². The monoisotopic (exact) mass is 212 g/mol. The molecule has 0 aromatic heterocycles. The molecule has 0 fully saturated rings. The van der Waals surface area contributed by atoms with Crippen molar-refractivity contribution in [1.82, 2.24) is 0 Å². The van der Waals surface area contributed by atoms with Crippen molar-refractivity contribution in [3.63, 3.8) is 0 Å². The van der Waals surface area contributed by atoms with E-state index in [9.17, 15) is 9.18 Å². The predicted octanol–water partition coefficient (Wildman–Crippen LogP) is 2.33. The van der Waals surface area contributed by atoms with Gasteiger partial charge in [-0.25, -0.2) is 4.39 Å². The first kappa shape index (κ1) is 11.5. The Morgan fingerprint density at radius 3 is 2.60 bits per heavy atom. The van der Waals surface area contributed by atoms with Gasteiger partial charge in [0.1, 0.15) is 11.6 Å². The molecule has 1 aromatic carbocycles. The maximum atomic E-state index is 13.5. The summed E-state index contributed by atoms with van der Waals surface area (Å²) in [6.07, 6.45) is 0. The Bertz CT molecular complexity index is 388. The number of carbonyl (C=O) groups is 1. The summed E-state index contributed by atoms with van der Waals surface area (Å²) in [5.41, 5.74) is 0.793. The molecule has 0 heterocycles. The van der Waals surface area contributed by atoms with Gasteiger partial charge in [0.15, 0.2) is 0 Å². The predicted molar refractivity (Wildman–Crippen MR) is 53.7 cm³/mol. The quantitative estimate of drug-likeness (QED) is 0.836. The van der Waals surface area contributed by atoms with Crippen LogP contribution in [0.5, 0.6) is 5.75 Å². The highest BCUT2D eigenvalue weighted by Crippen LogP contribution is 2.27. The Labute approximate surface area is 87.5 Å². The van der Waals surface area contributed by atoms with Crippen LogP contribution in [0, 0.1) is 12.7 Å². The molecule has 1 N–H and O–H groups in total. The molecule has 0 saturated heterocycles. The lowest BCUT2D eigenvalue weighted by atomic mass is 9.99. The topological polar surface area (TPSA) is 46.5 Å². The lowest BCUT2D eigenvalue weighted by molar-refractivity contribution is -0.138. The summed E-state index contributed by atoms with van der Waals surface area (Å²) >= 11 is 0. The van der Waals surface area contributed by atoms with Gasteiger partial charge in [-0.05, 0) is 31.5 Å². The van der Waals surface area contributed by atoms with Gasteiger partial charge in [-0.1, -0.05) is 0 Å². The number of rotatable bonds is 3. The molecule has 82 valence electrons. The Morgan fingerprint density at radius 1 is 1.53 bits per heavy atom. The summed E-state index contributed by atoms with van der Waals surface area (Å²) in [5.74, 6) is -1.94. The first-order chi connectivity index (χ1) is 6.97. The molecule has 15 heavy (non-hydrogen) atoms. The number of methoxy groups -OCH3 is 1. The van der Waals surface area contributed by atoms with Gasteiger partial charge in [0.05, 0.1) is 13.0 Å². The molecule has 0 bridgehead atoms. The van der Waals surface area contributed by atoms with Crippen molar-refractivity contribution >= 4 is 5.97 Å². The highest BCUT2D eigenvalue weighted by atomic mass is 19.1. The number of aliphatic carboxylic acids is 1. The lowest BCUT2D eigenvalue weighted by Gasteiger charge is -2.12. The molecule has 3 nitrogen and oxygen atoms in total. The summed E-state index contributed by atoms with van der Waals surface area (Å²) in [7, 11) is 1.47. The first-order valence-electron chi connectivity index (χ1n) is 4.54. The molecular formula is C11H13FO3. The maximum Gasteiger partial charge on any atom is 0.310 e. The van der Waals surface area contributed by atoms with E-state index in [0.29, 0.717) is 11.3 Å². The molecule has 0 aliphatic heterocycles. The third-order valence-corrected chi connectivity index (χ3v) is 2.35. The number of carboxylic acids is 1. The van der Waals surface area contributed by atoms with E-state index < -0.39 is 17.7 Å². The number of halogens is 1. The fourth-order valence-electron chi connectivity index (χ4n) is 1.35. The Kier molecular flexibility index (Phi) is 3.29. The lowest BCUT2D eigenvalue weighted by Crippen LogP contribution is -2.10. The van der Waals surface area contributed by atoms with Crippen LogP contribution in [-0.2, 0) is 4.79 Å². The number of ether oxygens (including phenoxy) is 1. The van der Waals surface area contributed by atoms with Crippen molar-refractivity contribution in [2.45, 2.75) is 19.8 Å². The van der Waals surface area contributed by atoms with Crippen LogP contribution < -0.4 is 4.74 Å². The van der Waals surface area contributed by atoms with E-state index in [0.717, 1.165) is 0 Å². The number of carboxylic acid groups (broad SMARTS) is 1. The van der Waals surface area contributed by atoms with E-state index in [4.69, 9.17) is 9.84 Å². The largest absolute Gasteiger partial charge is 0.496 e. The van der Waals surface area contributed by atoms with Gasteiger partial charge in [0, 0.05) is 5.56 Å². The molecule has 0 radical (unpaired) electrons. The SMILES string of the molecule is COc1cc(C(C)C(=O)O)c(F)cc1C. The van der Waals surface area contributed by atoms with E-state index in [-0.39, 0.29) is 5.56 Å². The summed E-state index contributed by atoms with van der Waals surface area (Å²) in [6.45, 7) is 3.15. The number of benzene rings is 1. The Morgan fingerprint density at radius 2 is 2.13 bits per heavy atom. The van der Waals surface area contributed by atoms with Crippen molar-refractivity contribution in [3.8, 4) is 5.75 Å². The van der Waals surface area contributed by atoms with E-state index in [1.54, 1.807) is 6.92 Å². The smallest absolute Gasteiger partial charge is 0.310 e. The Hall–Kier alpha value is -1.58. The van der Waals surface area contributed by atoms with E-state index in [1.807, 2.05) is 0 Å². The highest BCUT2D eigenvalue weighted by molar-refractivity contribution is 5.75. The summed E-state index contributed by atoms with van der Waals surface area (Å²) < 4.78 is 18.5. The second-order valence-electron chi connectivity index (χ2n) is 3.40. The molecule has 0 aliphatic rings. The molecule has 1 aromatic rings. The molecule has 0 saturated carbocycles. The fraction of sp³-hybridized carbons (Fsp3) is 0.364. The van der Waals surface area contributed by atoms with Gasteiger partial charge in [-0.15, -0.1) is 0 Å². The molecule has 1 rings (SSSR count). The van der Waals surface area contributed by atoms with Gasteiger partial charge in [-0.3, -0.25) is 4.79 Å². The second-order valence-corrected chi connectivity index (χ2v) is 3.40. The van der Waals surface area contributed by atoms with Gasteiger partial charge < -0.3 is 9.84 Å². The van der Waals surface area contributed by atoms with Crippen LogP contribution in [-0.4, -0.2) is 18.2 Å². The van der Waals surface area contributed by atoms with Crippen molar-refractivity contribution < 1.29 is 19.0 Å². The maximum absolute atomic E-state index is 13.5. The molecule has 0 spiro atoms. The zero-order valence-electron chi connectivity index (χ0n) is 8.87. The van der Waals surface area contributed by atoms with Crippen LogP contribution >= 0.6 is 0 Å². The van der Waals surface area contributed by atoms with Crippen molar-refractivity contribution in [2.24, 2.45) is 0 Å². The van der Waals surface area contributed by atoms with E-state index in [1.165, 1.54) is 26.2 Å². The van der Waals surface area contributed by atoms with Gasteiger partial charge in [0.2, 0.25) is 0 Å². The van der Waals surface area contributed by atoms with Gasteiger partial charge >= 0.3 is 5.97 Å². The molecule has 1 atom stereocenters. The summed E-state index contributed by atoms with van der Waals surface area (Å²) in [6, 6.07) is 2.72. The first-order valence-corrected chi connectivity index (χ1v) is 4.54. The minimum atomic E-state index is -1.06. The number of hydrogen-bond donors (Lipinski definition) is 1. The zero-order chi connectivity index (χ0) is 11.6. The standard InChI is InChI=1S/C11H13FO3/c1-6-4-9(12)8(5-10(6)15-3)7(2)11(13)14/h4-5,7H,1-3H3,(H,13,14). The molecular weight excluding hydrogens is 199 g/mol. The van der Waals surface area contributed by atoms with Crippen LogP contribution in [0.25, 0.3) is 0 Å². The molecule has 1 unspecified atom stereocenters. The summed E-state index contributed by atoms with van der Waals surface area (Å²) in [4.78, 5) is 10.7. The van der Waals surface area contributed by atoms with Crippen LogP contribution in [0.4, 0.5) is 4.39 Å². The molecule has 0 amide bonds. The van der Waals surface area contributed by atoms with Crippen LogP contribution in [0.3, 0.4) is 0 Å². The van der Waals surface area contributed by atoms with Crippen molar-refractivity contribution in [3.05, 3.63) is 29.1 Å².